The summed E-state index contributed by atoms with van der Waals surface area (Å²) in [5.74, 6) is 1.25. The predicted octanol–water partition coefficient (Wildman–Crippen LogP) is 4.73. The number of nitrogens with zero attached hydrogens (tertiary/aromatic N) is 5. The van der Waals surface area contributed by atoms with Gasteiger partial charge in [0, 0.05) is 63.1 Å². The van der Waals surface area contributed by atoms with Gasteiger partial charge in [-0.3, -0.25) is 14.5 Å². The number of amides is 2. The smallest absolute Gasteiger partial charge is 0.253 e. The summed E-state index contributed by atoms with van der Waals surface area (Å²) in [5, 5.41) is 12.6. The molecule has 2 amide bonds. The number of rotatable bonds is 6. The lowest BCUT2D eigenvalue weighted by Crippen LogP contribution is -2.58. The maximum absolute atomic E-state index is 12.9. The first-order valence-electron chi connectivity index (χ1n) is 14.7. The van der Waals surface area contributed by atoms with Crippen molar-refractivity contribution in [1.82, 2.24) is 20.1 Å². The number of halogens is 1. The van der Waals surface area contributed by atoms with Gasteiger partial charge in [-0.2, -0.15) is 5.26 Å². The maximum atomic E-state index is 12.9. The predicted molar refractivity (Wildman–Crippen MR) is 157 cm³/mol. The number of nitrogens with one attached hydrogen (secondary N) is 1. The Morgan fingerprint density at radius 1 is 1.02 bits per heavy atom. The second kappa shape index (κ2) is 13.0. The number of aromatic nitrogens is 1. The minimum Gasteiger partial charge on any atom is -0.353 e. The van der Waals surface area contributed by atoms with Gasteiger partial charge in [-0.05, 0) is 68.9 Å². The van der Waals surface area contributed by atoms with Crippen LogP contribution in [-0.2, 0) is 0 Å². The fourth-order valence-electron chi connectivity index (χ4n) is 6.49. The van der Waals surface area contributed by atoms with Crippen LogP contribution in [0.4, 0.5) is 5.82 Å². The van der Waals surface area contributed by atoms with Crippen LogP contribution >= 0.6 is 11.6 Å². The Kier molecular flexibility index (Phi) is 9.23. The molecule has 40 heavy (non-hydrogen) atoms. The van der Waals surface area contributed by atoms with Gasteiger partial charge in [-0.25, -0.2) is 4.98 Å². The summed E-state index contributed by atoms with van der Waals surface area (Å²) in [6.07, 6.45) is 9.73. The lowest BCUT2D eigenvalue weighted by molar-refractivity contribution is 0.0525. The van der Waals surface area contributed by atoms with E-state index in [0.717, 1.165) is 57.9 Å². The van der Waals surface area contributed by atoms with Crippen molar-refractivity contribution in [2.75, 3.05) is 44.2 Å². The molecule has 0 radical (unpaired) electrons. The molecule has 9 heteroatoms. The average molecular weight is 563 g/mol. The highest BCUT2D eigenvalue weighted by Gasteiger charge is 2.33. The van der Waals surface area contributed by atoms with E-state index in [9.17, 15) is 9.59 Å². The number of hydrogen-bond donors (Lipinski definition) is 1. The molecule has 1 aliphatic carbocycles. The molecular formula is C31H39ClN6O2. The number of carbonyl (C=O) groups excluding carboxylic acids is 2. The Balaban J connectivity index is 1.11. The molecule has 3 aliphatic rings. The fraction of sp³-hybridized carbons (Fsp3) is 0.548. The van der Waals surface area contributed by atoms with Crippen molar-refractivity contribution in [3.8, 4) is 6.07 Å². The van der Waals surface area contributed by atoms with E-state index in [1.165, 1.54) is 32.1 Å². The van der Waals surface area contributed by atoms with E-state index in [1.54, 1.807) is 36.5 Å². The van der Waals surface area contributed by atoms with Gasteiger partial charge >= 0.3 is 0 Å². The van der Waals surface area contributed by atoms with Gasteiger partial charge in [0.05, 0.1) is 22.2 Å². The minimum atomic E-state index is -0.103. The molecule has 8 nitrogen and oxygen atoms in total. The van der Waals surface area contributed by atoms with Gasteiger partial charge in [-0.1, -0.05) is 30.9 Å². The Morgan fingerprint density at radius 3 is 2.40 bits per heavy atom. The molecule has 1 N–H and O–H groups in total. The minimum absolute atomic E-state index is 0.0349. The molecular weight excluding hydrogens is 524 g/mol. The molecule has 1 aromatic heterocycles. The van der Waals surface area contributed by atoms with Crippen molar-refractivity contribution < 1.29 is 9.59 Å². The van der Waals surface area contributed by atoms with Gasteiger partial charge < -0.3 is 15.1 Å². The van der Waals surface area contributed by atoms with Crippen LogP contribution in [0.3, 0.4) is 0 Å². The molecule has 2 aromatic rings. The lowest BCUT2D eigenvalue weighted by Gasteiger charge is -2.46. The van der Waals surface area contributed by atoms with Crippen LogP contribution in [-0.4, -0.2) is 78.0 Å². The highest BCUT2D eigenvalue weighted by molar-refractivity contribution is 6.33. The number of benzene rings is 1. The van der Waals surface area contributed by atoms with E-state index in [0.29, 0.717) is 39.7 Å². The van der Waals surface area contributed by atoms with Crippen molar-refractivity contribution in [1.29, 1.82) is 5.26 Å². The third-order valence-corrected chi connectivity index (χ3v) is 9.10. The third-order valence-electron chi connectivity index (χ3n) is 8.82. The fourth-order valence-corrected chi connectivity index (χ4v) is 6.78. The number of anilines is 1. The van der Waals surface area contributed by atoms with Crippen molar-refractivity contribution >= 4 is 29.2 Å². The summed E-state index contributed by atoms with van der Waals surface area (Å²) in [6, 6.07) is 11.5. The van der Waals surface area contributed by atoms with Gasteiger partial charge in [0.1, 0.15) is 5.82 Å². The monoisotopic (exact) mass is 562 g/mol. The number of likely N-dealkylation sites (tertiary alicyclic amines) is 1. The molecule has 1 atom stereocenters. The van der Waals surface area contributed by atoms with Crippen LogP contribution in [0.15, 0.2) is 36.5 Å². The summed E-state index contributed by atoms with van der Waals surface area (Å²) >= 11 is 6.65. The van der Waals surface area contributed by atoms with Crippen molar-refractivity contribution in [3.05, 3.63) is 58.2 Å². The Hall–Kier alpha value is -3.15. The zero-order chi connectivity index (χ0) is 28.1. The first-order chi connectivity index (χ1) is 19.4. The van der Waals surface area contributed by atoms with Crippen LogP contribution in [0.2, 0.25) is 5.02 Å². The second-order valence-corrected chi connectivity index (χ2v) is 11.9. The molecule has 0 bridgehead atoms. The third kappa shape index (κ3) is 6.59. The van der Waals surface area contributed by atoms with E-state index >= 15 is 0 Å². The van der Waals surface area contributed by atoms with E-state index in [2.05, 4.69) is 33.1 Å². The quantitative estimate of drug-likeness (QED) is 0.547. The molecule has 1 saturated carbocycles. The number of piperazine rings is 1. The van der Waals surface area contributed by atoms with Gasteiger partial charge in [0.15, 0.2) is 0 Å². The molecule has 2 saturated heterocycles. The average Bonchev–Trinajstić information content (AvgIpc) is 3.00. The number of piperidine rings is 1. The number of nitriles is 1. The first-order valence-corrected chi connectivity index (χ1v) is 15.0. The largest absolute Gasteiger partial charge is 0.353 e. The van der Waals surface area contributed by atoms with Crippen LogP contribution in [0, 0.1) is 17.2 Å². The number of hydrogen-bond acceptors (Lipinski definition) is 6. The van der Waals surface area contributed by atoms with E-state index in [4.69, 9.17) is 16.9 Å². The van der Waals surface area contributed by atoms with Gasteiger partial charge in [0.25, 0.3) is 11.8 Å². The van der Waals surface area contributed by atoms with Crippen molar-refractivity contribution in [2.24, 2.45) is 5.92 Å². The lowest BCUT2D eigenvalue weighted by atomic mass is 9.89. The van der Waals surface area contributed by atoms with Crippen LogP contribution in [0.1, 0.15) is 78.1 Å². The summed E-state index contributed by atoms with van der Waals surface area (Å²) in [4.78, 5) is 36.9. The zero-order valence-electron chi connectivity index (χ0n) is 23.3. The Morgan fingerprint density at radius 2 is 1.75 bits per heavy atom. The molecule has 2 aliphatic heterocycles. The number of carbonyl (C=O) groups is 2. The molecule has 5 rings (SSSR count). The van der Waals surface area contributed by atoms with E-state index in [-0.39, 0.29) is 11.8 Å². The van der Waals surface area contributed by atoms with Crippen LogP contribution < -0.4 is 10.2 Å². The van der Waals surface area contributed by atoms with Crippen LogP contribution in [0.5, 0.6) is 0 Å². The van der Waals surface area contributed by atoms with E-state index in [1.807, 2.05) is 4.90 Å². The van der Waals surface area contributed by atoms with Gasteiger partial charge in [0.2, 0.25) is 0 Å². The molecule has 3 fully saturated rings. The second-order valence-electron chi connectivity index (χ2n) is 11.5. The normalized spacial score (nSPS) is 21.2. The molecule has 0 spiro atoms. The first kappa shape index (κ1) is 28.4. The summed E-state index contributed by atoms with van der Waals surface area (Å²) < 4.78 is 0. The molecule has 0 unspecified atom stereocenters. The molecule has 1 aromatic carbocycles. The zero-order valence-corrected chi connectivity index (χ0v) is 24.1. The SMILES string of the molecule is C[C@@H]1CN(c2ncc(C(=O)NCC3CCCCC3)cc2Cl)CCN1C1CCN(C(=O)c2ccc(C#N)cc2)CC1. The van der Waals surface area contributed by atoms with Crippen molar-refractivity contribution in [2.45, 2.75) is 64.0 Å². The summed E-state index contributed by atoms with van der Waals surface area (Å²) in [7, 11) is 0. The highest BCUT2D eigenvalue weighted by atomic mass is 35.5. The standard InChI is InChI=1S/C31H39ClN6O2/c1-22-21-37(29-28(32)17-26(20-34-29)30(39)35-19-24-5-3-2-4-6-24)15-16-38(22)27-11-13-36(14-12-27)31(40)25-9-7-23(18-33)8-10-25/h7-10,17,20,22,24,27H,2-6,11-16,19,21H2,1H3,(H,35,39)/t22-/m1/s1. The number of pyridine rings is 1. The molecule has 212 valence electrons. The van der Waals surface area contributed by atoms with Gasteiger partial charge in [-0.15, -0.1) is 0 Å². The summed E-state index contributed by atoms with van der Waals surface area (Å²) in [5.41, 5.74) is 1.71. The highest BCUT2D eigenvalue weighted by Crippen LogP contribution is 2.29. The maximum Gasteiger partial charge on any atom is 0.253 e. The van der Waals surface area contributed by atoms with Crippen molar-refractivity contribution in [3.63, 3.8) is 0 Å². The Labute approximate surface area is 242 Å². The van der Waals surface area contributed by atoms with Crippen LogP contribution in [0.25, 0.3) is 0 Å². The molecule has 3 heterocycles. The topological polar surface area (TPSA) is 92.6 Å². The van der Waals surface area contributed by atoms with E-state index < -0.39 is 0 Å². The Bertz CT molecular complexity index is 1230. The summed E-state index contributed by atoms with van der Waals surface area (Å²) in [6.45, 7) is 6.94.